The number of esters is 1. The average Bonchev–Trinajstić information content (AvgIpc) is 2.03. The Hall–Kier alpha value is -1.39. The summed E-state index contributed by atoms with van der Waals surface area (Å²) >= 11 is 0. The number of halogens is 1. The Kier molecular flexibility index (Phi) is 2.42. The first kappa shape index (κ1) is 8.71. The molecule has 1 rings (SSSR count). The van der Waals surface area contributed by atoms with Crippen molar-refractivity contribution < 1.29 is 13.9 Å². The number of hydrogen-bond donors (Lipinski definition) is 0. The third-order valence-electron chi connectivity index (χ3n) is 1.24. The van der Waals surface area contributed by atoms with Crippen LogP contribution in [0, 0.1) is 5.82 Å². The standard InChI is InChI=1S/C7H5BFNO2/c1-12-7(11)6-5(9)2-4(8)3-10-6/h2-3H,1H3. The van der Waals surface area contributed by atoms with Gasteiger partial charge in [0.25, 0.3) is 0 Å². The molecule has 0 N–H and O–H groups in total. The molecule has 0 fully saturated rings. The summed E-state index contributed by atoms with van der Waals surface area (Å²) in [5.41, 5.74) is -0.188. The maximum Gasteiger partial charge on any atom is 0.359 e. The first-order valence-corrected chi connectivity index (χ1v) is 3.14. The van der Waals surface area contributed by atoms with Gasteiger partial charge in [-0.2, -0.15) is 0 Å². The lowest BCUT2D eigenvalue weighted by Crippen LogP contribution is -2.13. The number of carbonyl (C=O) groups excluding carboxylic acids is 1. The van der Waals surface area contributed by atoms with Crippen LogP contribution >= 0.6 is 0 Å². The lowest BCUT2D eigenvalue weighted by Gasteiger charge is -1.99. The van der Waals surface area contributed by atoms with Crippen molar-refractivity contribution in [3.05, 3.63) is 23.8 Å². The number of pyridine rings is 1. The van der Waals surface area contributed by atoms with Gasteiger partial charge in [-0.25, -0.2) is 14.2 Å². The maximum atomic E-state index is 12.8. The van der Waals surface area contributed by atoms with Crippen LogP contribution in [0.25, 0.3) is 0 Å². The highest BCUT2D eigenvalue weighted by molar-refractivity contribution is 6.32. The van der Waals surface area contributed by atoms with E-state index in [-0.39, 0.29) is 11.2 Å². The molecule has 0 amide bonds. The lowest BCUT2D eigenvalue weighted by atomic mass is 9.98. The molecule has 0 unspecified atom stereocenters. The van der Waals surface area contributed by atoms with Crippen molar-refractivity contribution in [2.45, 2.75) is 0 Å². The molecular weight excluding hydrogens is 160 g/mol. The number of methoxy groups -OCH3 is 1. The number of nitrogens with zero attached hydrogens (tertiary/aromatic N) is 1. The molecule has 0 aliphatic heterocycles. The third-order valence-corrected chi connectivity index (χ3v) is 1.24. The molecule has 1 aromatic rings. The quantitative estimate of drug-likeness (QED) is 0.427. The lowest BCUT2D eigenvalue weighted by molar-refractivity contribution is 0.0588. The van der Waals surface area contributed by atoms with Crippen LogP contribution < -0.4 is 5.46 Å². The first-order chi connectivity index (χ1) is 5.65. The fourth-order valence-corrected chi connectivity index (χ4v) is 0.700. The summed E-state index contributed by atoms with van der Waals surface area (Å²) in [6, 6.07) is 1.01. The van der Waals surface area contributed by atoms with E-state index in [4.69, 9.17) is 7.85 Å². The van der Waals surface area contributed by atoms with Crippen LogP contribution in [-0.4, -0.2) is 25.9 Å². The SMILES string of the molecule is [B]c1cnc(C(=O)OC)c(F)c1. The molecule has 0 aromatic carbocycles. The number of ether oxygens (including phenoxy) is 1. The number of aromatic nitrogens is 1. The normalized spacial score (nSPS) is 9.50. The second-order valence-corrected chi connectivity index (χ2v) is 2.09. The molecule has 60 valence electrons. The van der Waals surface area contributed by atoms with E-state index in [1.165, 1.54) is 6.20 Å². The summed E-state index contributed by atoms with van der Waals surface area (Å²) < 4.78 is 17.1. The summed E-state index contributed by atoms with van der Waals surface area (Å²) in [6.45, 7) is 0. The molecule has 12 heavy (non-hydrogen) atoms. The molecule has 0 atom stereocenters. The van der Waals surface area contributed by atoms with E-state index in [9.17, 15) is 9.18 Å². The second kappa shape index (κ2) is 3.34. The number of hydrogen-bond acceptors (Lipinski definition) is 3. The Morgan fingerprint density at radius 3 is 2.92 bits per heavy atom. The Bertz CT molecular complexity index is 316. The van der Waals surface area contributed by atoms with E-state index in [0.717, 1.165) is 13.2 Å². The zero-order chi connectivity index (χ0) is 9.14. The molecule has 1 aromatic heterocycles. The fraction of sp³-hybridized carbons (Fsp3) is 0.143. The van der Waals surface area contributed by atoms with Crippen molar-refractivity contribution in [3.63, 3.8) is 0 Å². The predicted molar refractivity (Wildman–Crippen MR) is 40.9 cm³/mol. The van der Waals surface area contributed by atoms with E-state index in [2.05, 4.69) is 9.72 Å². The van der Waals surface area contributed by atoms with Gasteiger partial charge in [-0.15, -0.1) is 0 Å². The zero-order valence-corrected chi connectivity index (χ0v) is 6.37. The van der Waals surface area contributed by atoms with Crippen LogP contribution in [0.4, 0.5) is 4.39 Å². The van der Waals surface area contributed by atoms with Gasteiger partial charge in [-0.1, -0.05) is 5.46 Å². The van der Waals surface area contributed by atoms with Crippen molar-refractivity contribution >= 4 is 19.3 Å². The van der Waals surface area contributed by atoms with Gasteiger partial charge >= 0.3 is 5.97 Å². The average molecular weight is 165 g/mol. The summed E-state index contributed by atoms with van der Waals surface area (Å²) in [4.78, 5) is 14.3. The van der Waals surface area contributed by atoms with E-state index in [1.54, 1.807) is 0 Å². The van der Waals surface area contributed by atoms with Gasteiger partial charge in [0, 0.05) is 6.20 Å². The van der Waals surface area contributed by atoms with Crippen molar-refractivity contribution in [3.8, 4) is 0 Å². The minimum atomic E-state index is -0.813. The second-order valence-electron chi connectivity index (χ2n) is 2.09. The van der Waals surface area contributed by atoms with Gasteiger partial charge in [0.15, 0.2) is 11.5 Å². The summed E-state index contributed by atoms with van der Waals surface area (Å²) in [6.07, 6.45) is 1.19. The van der Waals surface area contributed by atoms with Crippen molar-refractivity contribution in [2.24, 2.45) is 0 Å². The summed E-state index contributed by atoms with van der Waals surface area (Å²) in [5, 5.41) is 0. The Balaban J connectivity index is 3.09. The minimum absolute atomic E-state index is 0.167. The molecule has 3 nitrogen and oxygen atoms in total. The van der Waals surface area contributed by atoms with E-state index in [1.807, 2.05) is 0 Å². The maximum absolute atomic E-state index is 12.8. The Morgan fingerprint density at radius 2 is 2.42 bits per heavy atom. The summed E-state index contributed by atoms with van der Waals surface area (Å²) in [5.74, 6) is -1.59. The first-order valence-electron chi connectivity index (χ1n) is 3.14. The number of rotatable bonds is 1. The van der Waals surface area contributed by atoms with Gasteiger partial charge in [0.05, 0.1) is 7.11 Å². The van der Waals surface area contributed by atoms with Crippen LogP contribution in [0.5, 0.6) is 0 Å². The van der Waals surface area contributed by atoms with Crippen molar-refractivity contribution in [2.75, 3.05) is 7.11 Å². The molecule has 0 aliphatic rings. The minimum Gasteiger partial charge on any atom is -0.464 e. The summed E-state index contributed by atoms with van der Waals surface area (Å²) in [7, 11) is 6.37. The monoisotopic (exact) mass is 165 g/mol. The highest BCUT2D eigenvalue weighted by atomic mass is 19.1. The Morgan fingerprint density at radius 1 is 1.75 bits per heavy atom. The molecular formula is C7H5BFNO2. The third kappa shape index (κ3) is 1.61. The predicted octanol–water partition coefficient (Wildman–Crippen LogP) is -0.199. The van der Waals surface area contributed by atoms with Crippen LogP contribution in [0.15, 0.2) is 12.3 Å². The van der Waals surface area contributed by atoms with E-state index >= 15 is 0 Å². The molecule has 0 saturated carbocycles. The molecule has 5 heteroatoms. The van der Waals surface area contributed by atoms with Gasteiger partial charge in [0.2, 0.25) is 0 Å². The molecule has 0 spiro atoms. The molecule has 0 saturated heterocycles. The highest BCUT2D eigenvalue weighted by Crippen LogP contribution is 2.01. The Labute approximate surface area is 70.0 Å². The van der Waals surface area contributed by atoms with Crippen molar-refractivity contribution in [1.82, 2.24) is 4.98 Å². The molecule has 0 aliphatic carbocycles. The van der Waals surface area contributed by atoms with Crippen LogP contribution in [0.1, 0.15) is 10.5 Å². The largest absolute Gasteiger partial charge is 0.464 e. The zero-order valence-electron chi connectivity index (χ0n) is 6.37. The van der Waals surface area contributed by atoms with E-state index < -0.39 is 11.8 Å². The number of carbonyl (C=O) groups is 1. The van der Waals surface area contributed by atoms with E-state index in [0.29, 0.717) is 0 Å². The topological polar surface area (TPSA) is 39.2 Å². The molecule has 0 bridgehead atoms. The fourth-order valence-electron chi connectivity index (χ4n) is 0.700. The molecule has 1 heterocycles. The van der Waals surface area contributed by atoms with Gasteiger partial charge < -0.3 is 4.74 Å². The highest BCUT2D eigenvalue weighted by Gasteiger charge is 2.12. The molecule has 2 radical (unpaired) electrons. The van der Waals surface area contributed by atoms with Gasteiger partial charge in [-0.05, 0) is 6.07 Å². The van der Waals surface area contributed by atoms with Crippen LogP contribution in [-0.2, 0) is 4.74 Å². The van der Waals surface area contributed by atoms with Crippen molar-refractivity contribution in [1.29, 1.82) is 0 Å². The van der Waals surface area contributed by atoms with Crippen LogP contribution in [0.3, 0.4) is 0 Å². The van der Waals surface area contributed by atoms with Gasteiger partial charge in [-0.3, -0.25) is 0 Å². The van der Waals surface area contributed by atoms with Gasteiger partial charge in [0.1, 0.15) is 7.85 Å². The smallest absolute Gasteiger partial charge is 0.359 e. The van der Waals surface area contributed by atoms with Crippen LogP contribution in [0.2, 0.25) is 0 Å².